The molecule has 0 bridgehead atoms. The van der Waals surface area contributed by atoms with Crippen molar-refractivity contribution in [3.8, 4) is 11.5 Å². The van der Waals surface area contributed by atoms with Gasteiger partial charge in [0.1, 0.15) is 0 Å². The highest BCUT2D eigenvalue weighted by atomic mass is 127. The Kier molecular flexibility index (Phi) is 9.43. The van der Waals surface area contributed by atoms with Crippen molar-refractivity contribution in [2.75, 3.05) is 45.7 Å². The van der Waals surface area contributed by atoms with E-state index < -0.39 is 12.7 Å². The number of anilines is 1. The summed E-state index contributed by atoms with van der Waals surface area (Å²) in [5.74, 6) is 1.72. The summed E-state index contributed by atoms with van der Waals surface area (Å²) < 4.78 is 48.3. The van der Waals surface area contributed by atoms with Crippen molar-refractivity contribution in [2.24, 2.45) is 4.99 Å². The summed E-state index contributed by atoms with van der Waals surface area (Å²) in [4.78, 5) is 5.54. The van der Waals surface area contributed by atoms with Crippen molar-refractivity contribution in [1.29, 1.82) is 0 Å². The number of aliphatic imine (C=N–C) groups is 1. The van der Waals surface area contributed by atoms with Crippen molar-refractivity contribution >= 4 is 35.6 Å². The van der Waals surface area contributed by atoms with E-state index in [-0.39, 0.29) is 30.0 Å². The Hall–Kier alpha value is -1.43. The van der Waals surface area contributed by atoms with Gasteiger partial charge in [0.15, 0.2) is 17.5 Å². The first kappa shape index (κ1) is 23.6. The van der Waals surface area contributed by atoms with Gasteiger partial charge in [-0.3, -0.25) is 9.89 Å². The molecule has 27 heavy (non-hydrogen) atoms. The van der Waals surface area contributed by atoms with Gasteiger partial charge in [-0.05, 0) is 25.5 Å². The molecule has 0 spiro atoms. The maximum atomic E-state index is 12.5. The van der Waals surface area contributed by atoms with Crippen molar-refractivity contribution in [1.82, 2.24) is 10.2 Å². The number of ether oxygens (including phenoxy) is 2. The van der Waals surface area contributed by atoms with Crippen LogP contribution in [0.5, 0.6) is 11.5 Å². The molecule has 154 valence electrons. The van der Waals surface area contributed by atoms with Crippen LogP contribution in [-0.4, -0.2) is 63.5 Å². The number of halogens is 4. The van der Waals surface area contributed by atoms with E-state index >= 15 is 0 Å². The number of likely N-dealkylation sites (tertiary alicyclic amines) is 1. The number of methoxy groups -OCH3 is 1. The fraction of sp³-hybridized carbons (Fsp3) is 0.588. The second kappa shape index (κ2) is 10.8. The van der Waals surface area contributed by atoms with E-state index in [9.17, 15) is 13.2 Å². The Morgan fingerprint density at radius 3 is 2.67 bits per heavy atom. The van der Waals surface area contributed by atoms with E-state index in [1.165, 1.54) is 4.90 Å². The first-order chi connectivity index (χ1) is 12.3. The lowest BCUT2D eigenvalue weighted by Crippen LogP contribution is -2.42. The zero-order chi connectivity index (χ0) is 19.2. The number of hydrogen-bond donors (Lipinski definition) is 2. The van der Waals surface area contributed by atoms with Crippen LogP contribution >= 0.6 is 24.0 Å². The average Bonchev–Trinajstić information content (AvgIpc) is 3.00. The number of alkyl halides is 3. The standard InChI is InChI=1S/C17H25F3N4O2.HI/c1-4-26-14-6-5-12(9-15(14)25-3)22-16(21-2)23-13-7-8-24(10-13)11-17(18,19)20;/h5-6,9,13H,4,7-8,10-11H2,1-3H3,(H2,21,22,23);1H. The highest BCUT2D eigenvalue weighted by molar-refractivity contribution is 14.0. The van der Waals surface area contributed by atoms with Gasteiger partial charge >= 0.3 is 6.18 Å². The molecular weight excluding hydrogens is 476 g/mol. The monoisotopic (exact) mass is 502 g/mol. The SMILES string of the molecule is CCOc1ccc(NC(=NC)NC2CCN(CC(F)(F)F)C2)cc1OC.I. The molecule has 1 aromatic carbocycles. The lowest BCUT2D eigenvalue weighted by molar-refractivity contribution is -0.143. The van der Waals surface area contributed by atoms with Gasteiger partial charge in [0.2, 0.25) is 0 Å². The van der Waals surface area contributed by atoms with Crippen molar-refractivity contribution in [3.05, 3.63) is 18.2 Å². The van der Waals surface area contributed by atoms with Crippen LogP contribution in [0.1, 0.15) is 13.3 Å². The van der Waals surface area contributed by atoms with Crippen molar-refractivity contribution in [2.45, 2.75) is 25.6 Å². The van der Waals surface area contributed by atoms with Gasteiger partial charge in [0.25, 0.3) is 0 Å². The molecule has 0 aromatic heterocycles. The number of nitrogens with one attached hydrogen (secondary N) is 2. The molecule has 2 rings (SSSR count). The Balaban J connectivity index is 0.00000364. The van der Waals surface area contributed by atoms with Crippen LogP contribution < -0.4 is 20.1 Å². The molecule has 0 radical (unpaired) electrons. The average molecular weight is 502 g/mol. The minimum atomic E-state index is -4.17. The van der Waals surface area contributed by atoms with Gasteiger partial charge in [-0.25, -0.2) is 0 Å². The first-order valence-electron chi connectivity index (χ1n) is 8.45. The normalized spacial score (nSPS) is 18.0. The van der Waals surface area contributed by atoms with Crippen LogP contribution in [-0.2, 0) is 0 Å². The van der Waals surface area contributed by atoms with Crippen molar-refractivity contribution in [3.63, 3.8) is 0 Å². The zero-order valence-corrected chi connectivity index (χ0v) is 17.9. The first-order valence-corrected chi connectivity index (χ1v) is 8.45. The Labute approximate surface area is 174 Å². The van der Waals surface area contributed by atoms with Crippen LogP contribution in [0.15, 0.2) is 23.2 Å². The molecule has 1 aromatic rings. The van der Waals surface area contributed by atoms with Gasteiger partial charge in [0, 0.05) is 37.9 Å². The molecule has 0 aliphatic carbocycles. The van der Waals surface area contributed by atoms with Gasteiger partial charge in [-0.15, -0.1) is 24.0 Å². The second-order valence-corrected chi connectivity index (χ2v) is 5.98. The van der Waals surface area contributed by atoms with Crippen LogP contribution in [0.3, 0.4) is 0 Å². The lowest BCUT2D eigenvalue weighted by Gasteiger charge is -2.20. The molecule has 0 saturated carbocycles. The predicted molar refractivity (Wildman–Crippen MR) is 111 cm³/mol. The largest absolute Gasteiger partial charge is 0.493 e. The van der Waals surface area contributed by atoms with Gasteiger partial charge in [-0.1, -0.05) is 0 Å². The molecule has 1 atom stereocenters. The van der Waals surface area contributed by atoms with Gasteiger partial charge < -0.3 is 20.1 Å². The molecule has 1 heterocycles. The van der Waals surface area contributed by atoms with E-state index in [2.05, 4.69) is 15.6 Å². The molecular formula is C17H26F3IN4O2. The molecule has 0 amide bonds. The zero-order valence-electron chi connectivity index (χ0n) is 15.6. The Bertz CT molecular complexity index is 629. The molecule has 6 nitrogen and oxygen atoms in total. The maximum absolute atomic E-state index is 12.5. The molecule has 1 saturated heterocycles. The summed E-state index contributed by atoms with van der Waals surface area (Å²) in [5.41, 5.74) is 0.739. The minimum Gasteiger partial charge on any atom is -0.493 e. The molecule has 1 aliphatic heterocycles. The summed E-state index contributed by atoms with van der Waals surface area (Å²) in [6.07, 6.45) is -3.54. The van der Waals surface area contributed by atoms with Gasteiger partial charge in [0.05, 0.1) is 20.3 Å². The summed E-state index contributed by atoms with van der Waals surface area (Å²) in [7, 11) is 3.17. The van der Waals surface area contributed by atoms with Crippen LogP contribution in [0.4, 0.5) is 18.9 Å². The van der Waals surface area contributed by atoms with Crippen LogP contribution in [0.25, 0.3) is 0 Å². The second-order valence-electron chi connectivity index (χ2n) is 5.98. The topological polar surface area (TPSA) is 58.1 Å². The number of hydrogen-bond acceptors (Lipinski definition) is 4. The summed E-state index contributed by atoms with van der Waals surface area (Å²) >= 11 is 0. The maximum Gasteiger partial charge on any atom is 0.401 e. The third kappa shape index (κ3) is 7.60. The van der Waals surface area contributed by atoms with E-state index in [4.69, 9.17) is 9.47 Å². The fourth-order valence-electron chi connectivity index (χ4n) is 2.85. The smallest absolute Gasteiger partial charge is 0.401 e. The highest BCUT2D eigenvalue weighted by Gasteiger charge is 2.34. The lowest BCUT2D eigenvalue weighted by atomic mass is 10.2. The van der Waals surface area contributed by atoms with Crippen LogP contribution in [0, 0.1) is 0 Å². The molecule has 1 unspecified atom stereocenters. The summed E-state index contributed by atoms with van der Waals surface area (Å²) in [5, 5.41) is 6.29. The minimum absolute atomic E-state index is 0. The Morgan fingerprint density at radius 1 is 1.33 bits per heavy atom. The molecule has 1 fully saturated rings. The van der Waals surface area contributed by atoms with E-state index in [0.29, 0.717) is 43.6 Å². The fourth-order valence-corrected chi connectivity index (χ4v) is 2.85. The Morgan fingerprint density at radius 2 is 2.07 bits per heavy atom. The number of benzene rings is 1. The van der Waals surface area contributed by atoms with Crippen LogP contribution in [0.2, 0.25) is 0 Å². The van der Waals surface area contributed by atoms with Crippen molar-refractivity contribution < 1.29 is 22.6 Å². The van der Waals surface area contributed by atoms with E-state index in [1.807, 2.05) is 13.0 Å². The highest BCUT2D eigenvalue weighted by Crippen LogP contribution is 2.30. The molecule has 1 aliphatic rings. The predicted octanol–water partition coefficient (Wildman–Crippen LogP) is 3.34. The summed E-state index contributed by atoms with van der Waals surface area (Å²) in [6, 6.07) is 5.31. The van der Waals surface area contributed by atoms with Gasteiger partial charge in [-0.2, -0.15) is 13.2 Å². The molecule has 2 N–H and O–H groups in total. The molecule has 10 heteroatoms. The number of rotatable bonds is 6. The summed E-state index contributed by atoms with van der Waals surface area (Å²) in [6.45, 7) is 2.27. The number of nitrogens with zero attached hydrogens (tertiary/aromatic N) is 2. The van der Waals surface area contributed by atoms with E-state index in [0.717, 1.165) is 5.69 Å². The third-order valence-corrected chi connectivity index (χ3v) is 3.97. The van der Waals surface area contributed by atoms with E-state index in [1.54, 1.807) is 26.3 Å². The third-order valence-electron chi connectivity index (χ3n) is 3.97. The number of guanidine groups is 1. The quantitative estimate of drug-likeness (QED) is 0.355.